The van der Waals surface area contributed by atoms with E-state index in [4.69, 9.17) is 5.11 Å². The number of rotatable bonds is 4. The second kappa shape index (κ2) is 5.96. The first-order valence-electron chi connectivity index (χ1n) is 5.96. The molecule has 2 rings (SSSR count). The minimum atomic E-state index is -0.444. The van der Waals surface area contributed by atoms with Gasteiger partial charge in [0.15, 0.2) is 0 Å². The topological polar surface area (TPSA) is 43.7 Å². The van der Waals surface area contributed by atoms with Gasteiger partial charge in [0.2, 0.25) is 0 Å². The lowest BCUT2D eigenvalue weighted by molar-refractivity contribution is 0.121. The maximum absolute atomic E-state index is 10.1. The molecule has 2 N–H and O–H groups in total. The van der Waals surface area contributed by atoms with Gasteiger partial charge in [-0.1, -0.05) is 28.1 Å². The van der Waals surface area contributed by atoms with Crippen LogP contribution in [0, 0.1) is 5.92 Å². The Kier molecular flexibility index (Phi) is 4.56. The van der Waals surface area contributed by atoms with E-state index in [1.807, 2.05) is 24.3 Å². The van der Waals surface area contributed by atoms with Crippen LogP contribution in [0.4, 0.5) is 0 Å². The van der Waals surface area contributed by atoms with Crippen molar-refractivity contribution in [1.29, 1.82) is 0 Å². The number of halogens is 1. The van der Waals surface area contributed by atoms with Crippen molar-refractivity contribution in [3.8, 4) is 0 Å². The van der Waals surface area contributed by atoms with Gasteiger partial charge in [-0.15, -0.1) is 0 Å². The molecule has 1 aliphatic heterocycles. The van der Waals surface area contributed by atoms with E-state index in [0.29, 0.717) is 12.5 Å². The summed E-state index contributed by atoms with van der Waals surface area (Å²) in [6.07, 6.45) is 0.587. The standard InChI is InChI=1S/C13H18BrNO2/c14-12-3-1-11(2-4-12)13(17)8-15-6-5-10(7-15)9-16/h1-4,10,13,16-17H,5-9H2. The molecule has 1 aliphatic rings. The molecule has 0 spiro atoms. The highest BCUT2D eigenvalue weighted by Crippen LogP contribution is 2.21. The van der Waals surface area contributed by atoms with Crippen molar-refractivity contribution in [3.63, 3.8) is 0 Å². The smallest absolute Gasteiger partial charge is 0.0916 e. The average molecular weight is 300 g/mol. The fraction of sp³-hybridized carbons (Fsp3) is 0.538. The molecule has 1 heterocycles. The Hall–Kier alpha value is -0.420. The lowest BCUT2D eigenvalue weighted by Crippen LogP contribution is -2.27. The molecule has 0 aromatic heterocycles. The summed E-state index contributed by atoms with van der Waals surface area (Å²) in [6.45, 7) is 2.77. The SMILES string of the molecule is OCC1CCN(CC(O)c2ccc(Br)cc2)C1. The third-order valence-corrected chi connectivity index (χ3v) is 3.84. The largest absolute Gasteiger partial charge is 0.396 e. The van der Waals surface area contributed by atoms with Gasteiger partial charge in [-0.05, 0) is 36.6 Å². The maximum atomic E-state index is 10.1. The molecule has 0 amide bonds. The van der Waals surface area contributed by atoms with Crippen molar-refractivity contribution < 1.29 is 10.2 Å². The quantitative estimate of drug-likeness (QED) is 0.891. The molecule has 2 atom stereocenters. The van der Waals surface area contributed by atoms with Gasteiger partial charge < -0.3 is 15.1 Å². The van der Waals surface area contributed by atoms with Crippen LogP contribution in [0.2, 0.25) is 0 Å². The zero-order chi connectivity index (χ0) is 12.3. The van der Waals surface area contributed by atoms with Crippen molar-refractivity contribution in [3.05, 3.63) is 34.3 Å². The Morgan fingerprint density at radius 2 is 2.06 bits per heavy atom. The van der Waals surface area contributed by atoms with Gasteiger partial charge in [-0.2, -0.15) is 0 Å². The first-order chi connectivity index (χ1) is 8.19. The molecule has 0 aliphatic carbocycles. The van der Waals surface area contributed by atoms with Gasteiger partial charge in [-0.3, -0.25) is 0 Å². The molecule has 0 radical (unpaired) electrons. The number of aliphatic hydroxyl groups excluding tert-OH is 2. The van der Waals surface area contributed by atoms with E-state index >= 15 is 0 Å². The van der Waals surface area contributed by atoms with E-state index in [1.165, 1.54) is 0 Å². The Labute approximate surface area is 110 Å². The minimum Gasteiger partial charge on any atom is -0.396 e. The maximum Gasteiger partial charge on any atom is 0.0916 e. The molecular formula is C13H18BrNO2. The van der Waals surface area contributed by atoms with E-state index in [2.05, 4.69) is 20.8 Å². The van der Waals surface area contributed by atoms with Crippen molar-refractivity contribution in [1.82, 2.24) is 4.90 Å². The normalized spacial score (nSPS) is 22.9. The molecule has 4 heteroatoms. The molecule has 2 unspecified atom stereocenters. The molecule has 1 saturated heterocycles. The number of likely N-dealkylation sites (tertiary alicyclic amines) is 1. The molecular weight excluding hydrogens is 282 g/mol. The summed E-state index contributed by atoms with van der Waals surface area (Å²) in [5.74, 6) is 0.382. The van der Waals surface area contributed by atoms with Crippen LogP contribution in [-0.2, 0) is 0 Å². The third-order valence-electron chi connectivity index (χ3n) is 3.31. The Balaban J connectivity index is 1.89. The van der Waals surface area contributed by atoms with Crippen LogP contribution in [0.5, 0.6) is 0 Å². The first-order valence-corrected chi connectivity index (χ1v) is 6.75. The summed E-state index contributed by atoms with van der Waals surface area (Å²) < 4.78 is 1.02. The molecule has 0 bridgehead atoms. The summed E-state index contributed by atoms with van der Waals surface area (Å²) in [6, 6.07) is 7.76. The molecule has 1 fully saturated rings. The second-order valence-electron chi connectivity index (χ2n) is 4.66. The molecule has 3 nitrogen and oxygen atoms in total. The fourth-order valence-corrected chi connectivity index (χ4v) is 2.53. The van der Waals surface area contributed by atoms with Crippen LogP contribution >= 0.6 is 15.9 Å². The molecule has 0 saturated carbocycles. The number of hydrogen-bond donors (Lipinski definition) is 2. The van der Waals surface area contributed by atoms with Gasteiger partial charge >= 0.3 is 0 Å². The van der Waals surface area contributed by atoms with Crippen molar-refractivity contribution >= 4 is 15.9 Å². The summed E-state index contributed by atoms with van der Waals surface area (Å²) in [5.41, 5.74) is 0.945. The zero-order valence-corrected chi connectivity index (χ0v) is 11.3. The summed E-state index contributed by atoms with van der Waals surface area (Å²) in [7, 11) is 0. The minimum absolute atomic E-state index is 0.255. The van der Waals surface area contributed by atoms with E-state index in [1.54, 1.807) is 0 Å². The molecule has 94 valence electrons. The van der Waals surface area contributed by atoms with Crippen molar-refractivity contribution in [2.75, 3.05) is 26.2 Å². The van der Waals surface area contributed by atoms with Crippen LogP contribution in [0.1, 0.15) is 18.1 Å². The molecule has 1 aromatic rings. The Morgan fingerprint density at radius 3 is 2.65 bits per heavy atom. The van der Waals surface area contributed by atoms with Gasteiger partial charge in [0.05, 0.1) is 6.10 Å². The second-order valence-corrected chi connectivity index (χ2v) is 5.58. The number of hydrogen-bond acceptors (Lipinski definition) is 3. The highest BCUT2D eigenvalue weighted by molar-refractivity contribution is 9.10. The Morgan fingerprint density at radius 1 is 1.35 bits per heavy atom. The van der Waals surface area contributed by atoms with Gasteiger partial charge in [0.1, 0.15) is 0 Å². The van der Waals surface area contributed by atoms with E-state index in [-0.39, 0.29) is 6.61 Å². The van der Waals surface area contributed by atoms with Crippen LogP contribution in [0.25, 0.3) is 0 Å². The van der Waals surface area contributed by atoms with E-state index in [0.717, 1.165) is 29.5 Å². The predicted molar refractivity (Wildman–Crippen MR) is 70.7 cm³/mol. The van der Waals surface area contributed by atoms with E-state index < -0.39 is 6.10 Å². The van der Waals surface area contributed by atoms with Crippen LogP contribution < -0.4 is 0 Å². The Bertz CT molecular complexity index is 355. The monoisotopic (exact) mass is 299 g/mol. The lowest BCUT2D eigenvalue weighted by Gasteiger charge is -2.20. The lowest BCUT2D eigenvalue weighted by atomic mass is 10.1. The van der Waals surface area contributed by atoms with E-state index in [9.17, 15) is 5.11 Å². The van der Waals surface area contributed by atoms with Gasteiger partial charge in [0.25, 0.3) is 0 Å². The first kappa shape index (κ1) is 13.0. The van der Waals surface area contributed by atoms with Crippen molar-refractivity contribution in [2.45, 2.75) is 12.5 Å². The predicted octanol–water partition coefficient (Wildman–Crippen LogP) is 1.80. The van der Waals surface area contributed by atoms with Gasteiger partial charge in [-0.25, -0.2) is 0 Å². The van der Waals surface area contributed by atoms with Crippen LogP contribution in [0.15, 0.2) is 28.7 Å². The van der Waals surface area contributed by atoms with Crippen LogP contribution in [0.3, 0.4) is 0 Å². The van der Waals surface area contributed by atoms with Crippen LogP contribution in [-0.4, -0.2) is 41.4 Å². The summed E-state index contributed by atoms with van der Waals surface area (Å²) in [5, 5.41) is 19.2. The highest BCUT2D eigenvalue weighted by atomic mass is 79.9. The van der Waals surface area contributed by atoms with Gasteiger partial charge in [0, 0.05) is 24.2 Å². The number of aliphatic hydroxyl groups is 2. The fourth-order valence-electron chi connectivity index (χ4n) is 2.26. The number of β-amino-alcohol motifs (C(OH)–C–C–N with tert-alkyl or cyclic N) is 1. The third kappa shape index (κ3) is 3.52. The number of nitrogens with zero attached hydrogens (tertiary/aromatic N) is 1. The van der Waals surface area contributed by atoms with Crippen molar-refractivity contribution in [2.24, 2.45) is 5.92 Å². The zero-order valence-electron chi connectivity index (χ0n) is 9.72. The summed E-state index contributed by atoms with van der Waals surface area (Å²) in [4.78, 5) is 2.22. The molecule has 17 heavy (non-hydrogen) atoms. The average Bonchev–Trinajstić information content (AvgIpc) is 2.77. The summed E-state index contributed by atoms with van der Waals surface area (Å²) >= 11 is 3.38. The molecule has 1 aromatic carbocycles. The highest BCUT2D eigenvalue weighted by Gasteiger charge is 2.23. The number of benzene rings is 1.